The molecule has 2 rings (SSSR count). The molecule has 1 atom stereocenters. The third-order valence-corrected chi connectivity index (χ3v) is 4.21. The van der Waals surface area contributed by atoms with Gasteiger partial charge in [0.2, 0.25) is 0 Å². The minimum Gasteiger partial charge on any atom is -0.271 e. The van der Waals surface area contributed by atoms with Crippen molar-refractivity contribution in [3.8, 4) is 0 Å². The van der Waals surface area contributed by atoms with Crippen molar-refractivity contribution in [3.05, 3.63) is 21.9 Å². The largest absolute Gasteiger partial charge is 0.271 e. The lowest BCUT2D eigenvalue weighted by Gasteiger charge is -2.28. The van der Waals surface area contributed by atoms with Crippen molar-refractivity contribution < 1.29 is 0 Å². The maximum Gasteiger partial charge on any atom is 0.0556 e. The summed E-state index contributed by atoms with van der Waals surface area (Å²) in [5.41, 5.74) is 2.94. The Morgan fingerprint density at radius 1 is 1.57 bits per heavy atom. The SMILES string of the molecule is Cc1ccc(C(CC2CCC2)NN)s1. The molecule has 1 unspecified atom stereocenters. The summed E-state index contributed by atoms with van der Waals surface area (Å²) in [5, 5.41) is 0. The Bertz CT molecular complexity index is 291. The molecule has 3 N–H and O–H groups in total. The van der Waals surface area contributed by atoms with Crippen molar-refractivity contribution in [1.82, 2.24) is 5.43 Å². The van der Waals surface area contributed by atoms with Crippen LogP contribution < -0.4 is 11.3 Å². The lowest BCUT2D eigenvalue weighted by molar-refractivity contribution is 0.263. The molecule has 0 bridgehead atoms. The minimum atomic E-state index is 0.374. The molecular weight excluding hydrogens is 192 g/mol. The van der Waals surface area contributed by atoms with Crippen LogP contribution in [-0.4, -0.2) is 0 Å². The average Bonchev–Trinajstić information content (AvgIpc) is 2.50. The van der Waals surface area contributed by atoms with Gasteiger partial charge in [0.1, 0.15) is 0 Å². The predicted molar refractivity (Wildman–Crippen MR) is 61.1 cm³/mol. The van der Waals surface area contributed by atoms with Gasteiger partial charge in [-0.3, -0.25) is 11.3 Å². The molecular formula is C11H18N2S. The molecule has 3 heteroatoms. The van der Waals surface area contributed by atoms with Gasteiger partial charge in [0.05, 0.1) is 6.04 Å². The second kappa shape index (κ2) is 4.43. The molecule has 1 heterocycles. The zero-order chi connectivity index (χ0) is 9.97. The smallest absolute Gasteiger partial charge is 0.0556 e. The molecule has 1 aliphatic carbocycles. The van der Waals surface area contributed by atoms with Gasteiger partial charge in [-0.2, -0.15) is 0 Å². The van der Waals surface area contributed by atoms with Gasteiger partial charge in [-0.05, 0) is 31.4 Å². The minimum absolute atomic E-state index is 0.374. The molecule has 0 amide bonds. The summed E-state index contributed by atoms with van der Waals surface area (Å²) in [7, 11) is 0. The summed E-state index contributed by atoms with van der Waals surface area (Å²) >= 11 is 1.85. The fraction of sp³-hybridized carbons (Fsp3) is 0.636. The molecule has 1 fully saturated rings. The van der Waals surface area contributed by atoms with E-state index < -0.39 is 0 Å². The van der Waals surface area contributed by atoms with Gasteiger partial charge in [-0.1, -0.05) is 19.3 Å². The van der Waals surface area contributed by atoms with Crippen molar-refractivity contribution in [2.24, 2.45) is 11.8 Å². The van der Waals surface area contributed by atoms with E-state index in [1.165, 1.54) is 35.4 Å². The van der Waals surface area contributed by atoms with Crippen LogP contribution in [0.2, 0.25) is 0 Å². The standard InChI is InChI=1S/C11H18N2S/c1-8-5-6-11(14-8)10(13-12)7-9-3-2-4-9/h5-6,9-10,13H,2-4,7,12H2,1H3. The van der Waals surface area contributed by atoms with Crippen LogP contribution in [-0.2, 0) is 0 Å². The molecule has 78 valence electrons. The third-order valence-electron chi connectivity index (χ3n) is 3.10. The van der Waals surface area contributed by atoms with Gasteiger partial charge in [-0.25, -0.2) is 0 Å². The van der Waals surface area contributed by atoms with E-state index >= 15 is 0 Å². The Hall–Kier alpha value is -0.380. The Balaban J connectivity index is 1.97. The highest BCUT2D eigenvalue weighted by Gasteiger charge is 2.22. The lowest BCUT2D eigenvalue weighted by atomic mass is 9.81. The monoisotopic (exact) mass is 210 g/mol. The number of hydrogen-bond donors (Lipinski definition) is 2. The van der Waals surface area contributed by atoms with Gasteiger partial charge >= 0.3 is 0 Å². The first-order valence-corrected chi connectivity index (χ1v) is 6.13. The van der Waals surface area contributed by atoms with Crippen molar-refractivity contribution in [3.63, 3.8) is 0 Å². The van der Waals surface area contributed by atoms with Crippen molar-refractivity contribution in [2.45, 2.75) is 38.6 Å². The number of rotatable bonds is 4. The van der Waals surface area contributed by atoms with Crippen LogP contribution in [0.4, 0.5) is 0 Å². The van der Waals surface area contributed by atoms with Crippen LogP contribution in [0.1, 0.15) is 41.5 Å². The highest BCUT2D eigenvalue weighted by Crippen LogP contribution is 2.36. The van der Waals surface area contributed by atoms with Crippen LogP contribution in [0.3, 0.4) is 0 Å². The maximum absolute atomic E-state index is 5.60. The summed E-state index contributed by atoms with van der Waals surface area (Å²) < 4.78 is 0. The fourth-order valence-corrected chi connectivity index (χ4v) is 2.92. The number of nitrogens with one attached hydrogen (secondary N) is 1. The Morgan fingerprint density at radius 2 is 2.36 bits per heavy atom. The fourth-order valence-electron chi connectivity index (χ4n) is 1.97. The second-order valence-electron chi connectivity index (χ2n) is 4.20. The summed E-state index contributed by atoms with van der Waals surface area (Å²) in [6.45, 7) is 2.14. The van der Waals surface area contributed by atoms with E-state index in [2.05, 4.69) is 24.5 Å². The molecule has 2 nitrogen and oxygen atoms in total. The van der Waals surface area contributed by atoms with Crippen molar-refractivity contribution >= 4 is 11.3 Å². The molecule has 0 aromatic carbocycles. The van der Waals surface area contributed by atoms with Gasteiger partial charge in [0.15, 0.2) is 0 Å². The summed E-state index contributed by atoms with van der Waals surface area (Å²) in [6, 6.07) is 4.74. The zero-order valence-corrected chi connectivity index (χ0v) is 9.44. The van der Waals surface area contributed by atoms with Gasteiger partial charge in [0, 0.05) is 9.75 Å². The van der Waals surface area contributed by atoms with Crippen LogP contribution in [0.25, 0.3) is 0 Å². The Kier molecular flexibility index (Phi) is 3.21. The number of aryl methyl sites for hydroxylation is 1. The van der Waals surface area contributed by atoms with E-state index in [-0.39, 0.29) is 0 Å². The first kappa shape index (κ1) is 10.1. The second-order valence-corrected chi connectivity index (χ2v) is 5.52. The van der Waals surface area contributed by atoms with E-state index in [0.717, 1.165) is 5.92 Å². The lowest BCUT2D eigenvalue weighted by Crippen LogP contribution is -2.30. The number of hydrazine groups is 1. The highest BCUT2D eigenvalue weighted by molar-refractivity contribution is 7.12. The van der Waals surface area contributed by atoms with Gasteiger partial charge in [0.25, 0.3) is 0 Å². The molecule has 1 saturated carbocycles. The summed E-state index contributed by atoms with van der Waals surface area (Å²) in [6.07, 6.45) is 5.40. The number of thiophene rings is 1. The molecule has 1 aromatic heterocycles. The molecule has 14 heavy (non-hydrogen) atoms. The quantitative estimate of drug-likeness (QED) is 0.592. The Labute approximate surface area is 89.5 Å². The van der Waals surface area contributed by atoms with E-state index in [4.69, 9.17) is 5.84 Å². The third kappa shape index (κ3) is 2.16. The first-order valence-electron chi connectivity index (χ1n) is 5.32. The number of hydrogen-bond acceptors (Lipinski definition) is 3. The van der Waals surface area contributed by atoms with E-state index in [1.54, 1.807) is 0 Å². The van der Waals surface area contributed by atoms with E-state index in [9.17, 15) is 0 Å². The summed E-state index contributed by atoms with van der Waals surface area (Å²) in [5.74, 6) is 6.50. The average molecular weight is 210 g/mol. The van der Waals surface area contributed by atoms with Gasteiger partial charge < -0.3 is 0 Å². The molecule has 0 aliphatic heterocycles. The van der Waals surface area contributed by atoms with Crippen LogP contribution in [0.15, 0.2) is 12.1 Å². The van der Waals surface area contributed by atoms with Gasteiger partial charge in [-0.15, -0.1) is 11.3 Å². The number of nitrogens with two attached hydrogens (primary N) is 1. The van der Waals surface area contributed by atoms with E-state index in [0.29, 0.717) is 6.04 Å². The topological polar surface area (TPSA) is 38.0 Å². The molecule has 0 saturated heterocycles. The maximum atomic E-state index is 5.60. The zero-order valence-electron chi connectivity index (χ0n) is 8.62. The summed E-state index contributed by atoms with van der Waals surface area (Å²) in [4.78, 5) is 2.76. The Morgan fingerprint density at radius 3 is 2.79 bits per heavy atom. The molecule has 1 aliphatic rings. The van der Waals surface area contributed by atoms with Crippen LogP contribution >= 0.6 is 11.3 Å². The molecule has 0 radical (unpaired) electrons. The van der Waals surface area contributed by atoms with Crippen LogP contribution in [0, 0.1) is 12.8 Å². The molecule has 0 spiro atoms. The van der Waals surface area contributed by atoms with Crippen LogP contribution in [0.5, 0.6) is 0 Å². The highest BCUT2D eigenvalue weighted by atomic mass is 32.1. The normalized spacial score (nSPS) is 19.3. The first-order chi connectivity index (χ1) is 6.79. The van der Waals surface area contributed by atoms with Crippen molar-refractivity contribution in [2.75, 3.05) is 0 Å². The van der Waals surface area contributed by atoms with E-state index in [1.807, 2.05) is 11.3 Å². The molecule has 1 aromatic rings. The van der Waals surface area contributed by atoms with Crippen molar-refractivity contribution in [1.29, 1.82) is 0 Å². The predicted octanol–water partition coefficient (Wildman–Crippen LogP) is 2.75.